The van der Waals surface area contributed by atoms with Crippen molar-refractivity contribution in [3.8, 4) is 0 Å². The zero-order chi connectivity index (χ0) is 14.7. The summed E-state index contributed by atoms with van der Waals surface area (Å²) in [6.07, 6.45) is 1.28. The molecule has 0 aliphatic heterocycles. The Morgan fingerprint density at radius 1 is 1.45 bits per heavy atom. The number of aromatic nitrogens is 3. The number of carboxylic acid groups (broad SMARTS) is 1. The number of carbonyl (C=O) groups is 2. The fourth-order valence-electron chi connectivity index (χ4n) is 1.55. The van der Waals surface area contributed by atoms with Gasteiger partial charge in [-0.2, -0.15) is 0 Å². The number of anilines is 1. The molecule has 0 spiro atoms. The van der Waals surface area contributed by atoms with Crippen LogP contribution >= 0.6 is 15.9 Å². The zero-order valence-corrected chi connectivity index (χ0v) is 12.1. The van der Waals surface area contributed by atoms with Crippen molar-refractivity contribution in [1.82, 2.24) is 15.0 Å². The molecule has 0 unspecified atom stereocenters. The third-order valence-electron chi connectivity index (χ3n) is 2.51. The number of carboxylic acids is 1. The van der Waals surface area contributed by atoms with Gasteiger partial charge in [-0.05, 0) is 34.5 Å². The number of nitrogens with one attached hydrogen (secondary N) is 1. The average Bonchev–Trinajstić information content (AvgIpc) is 2.82. The van der Waals surface area contributed by atoms with E-state index in [0.717, 1.165) is 14.7 Å². The SMILES string of the molecule is Cc1cccc(NC(=O)c2cn(CC(=O)O)nn2)c1Br. The second kappa shape index (κ2) is 5.83. The van der Waals surface area contributed by atoms with Gasteiger partial charge in [0.1, 0.15) is 6.54 Å². The highest BCUT2D eigenvalue weighted by atomic mass is 79.9. The number of nitrogens with zero attached hydrogens (tertiary/aromatic N) is 3. The molecule has 7 nitrogen and oxygen atoms in total. The quantitative estimate of drug-likeness (QED) is 0.883. The van der Waals surface area contributed by atoms with Crippen molar-refractivity contribution in [1.29, 1.82) is 0 Å². The van der Waals surface area contributed by atoms with Crippen LogP contribution in [0, 0.1) is 6.92 Å². The number of halogens is 1. The van der Waals surface area contributed by atoms with Gasteiger partial charge in [0, 0.05) is 4.47 Å². The van der Waals surface area contributed by atoms with Crippen molar-refractivity contribution in [3.63, 3.8) is 0 Å². The van der Waals surface area contributed by atoms with Crippen LogP contribution in [0.1, 0.15) is 16.1 Å². The van der Waals surface area contributed by atoms with Gasteiger partial charge in [-0.1, -0.05) is 17.3 Å². The van der Waals surface area contributed by atoms with Gasteiger partial charge in [0.05, 0.1) is 11.9 Å². The van der Waals surface area contributed by atoms with E-state index in [0.29, 0.717) is 5.69 Å². The minimum atomic E-state index is -1.05. The fourth-order valence-corrected chi connectivity index (χ4v) is 1.91. The van der Waals surface area contributed by atoms with Crippen LogP contribution in [-0.2, 0) is 11.3 Å². The maximum atomic E-state index is 12.0. The smallest absolute Gasteiger partial charge is 0.325 e. The predicted octanol–water partition coefficient (Wildman–Crippen LogP) is 1.69. The molecule has 1 amide bonds. The molecular weight excluding hydrogens is 328 g/mol. The Balaban J connectivity index is 2.14. The minimum Gasteiger partial charge on any atom is -0.480 e. The molecule has 1 heterocycles. The molecule has 0 saturated heterocycles. The van der Waals surface area contributed by atoms with Crippen molar-refractivity contribution in [2.75, 3.05) is 5.32 Å². The molecule has 0 aliphatic rings. The van der Waals surface area contributed by atoms with Crippen LogP contribution in [0.25, 0.3) is 0 Å². The monoisotopic (exact) mass is 338 g/mol. The van der Waals surface area contributed by atoms with Crippen molar-refractivity contribution >= 4 is 33.5 Å². The average molecular weight is 339 g/mol. The summed E-state index contributed by atoms with van der Waals surface area (Å²) in [6, 6.07) is 5.47. The van der Waals surface area contributed by atoms with Gasteiger partial charge in [-0.3, -0.25) is 9.59 Å². The molecular formula is C12H11BrN4O3. The minimum absolute atomic E-state index is 0.0552. The predicted molar refractivity (Wildman–Crippen MR) is 74.5 cm³/mol. The van der Waals surface area contributed by atoms with E-state index in [-0.39, 0.29) is 12.2 Å². The Labute approximate surface area is 122 Å². The van der Waals surface area contributed by atoms with Crippen LogP contribution in [0.15, 0.2) is 28.9 Å². The van der Waals surface area contributed by atoms with Crippen molar-refractivity contribution < 1.29 is 14.7 Å². The molecule has 1 aromatic carbocycles. The maximum absolute atomic E-state index is 12.0. The number of aliphatic carboxylic acids is 1. The van der Waals surface area contributed by atoms with E-state index in [1.54, 1.807) is 6.07 Å². The molecule has 0 saturated carbocycles. The third kappa shape index (κ3) is 3.21. The molecule has 0 atom stereocenters. The van der Waals surface area contributed by atoms with Crippen LogP contribution in [0.3, 0.4) is 0 Å². The second-order valence-corrected chi connectivity index (χ2v) is 4.88. The number of carbonyl (C=O) groups excluding carboxylic acids is 1. The Kier molecular flexibility index (Phi) is 4.14. The number of hydrogen-bond acceptors (Lipinski definition) is 4. The normalized spacial score (nSPS) is 10.3. The highest BCUT2D eigenvalue weighted by Crippen LogP contribution is 2.25. The Morgan fingerprint density at radius 3 is 2.90 bits per heavy atom. The van der Waals surface area contributed by atoms with Gasteiger partial charge in [0.15, 0.2) is 5.69 Å². The number of amides is 1. The molecule has 0 bridgehead atoms. The summed E-state index contributed by atoms with van der Waals surface area (Å²) in [7, 11) is 0. The van der Waals surface area contributed by atoms with Crippen LogP contribution < -0.4 is 5.32 Å². The lowest BCUT2D eigenvalue weighted by molar-refractivity contribution is -0.137. The van der Waals surface area contributed by atoms with Gasteiger partial charge >= 0.3 is 5.97 Å². The summed E-state index contributed by atoms with van der Waals surface area (Å²) in [5.74, 6) is -1.50. The van der Waals surface area contributed by atoms with Crippen LogP contribution in [0.5, 0.6) is 0 Å². The standard InChI is InChI=1S/C12H11BrN4O3/c1-7-3-2-4-8(11(7)13)14-12(20)9-5-17(16-15-9)6-10(18)19/h2-5H,6H2,1H3,(H,14,20)(H,18,19). The molecule has 8 heteroatoms. The van der Waals surface area contributed by atoms with E-state index in [1.165, 1.54) is 6.20 Å². The fraction of sp³-hybridized carbons (Fsp3) is 0.167. The van der Waals surface area contributed by atoms with E-state index in [2.05, 4.69) is 31.6 Å². The lowest BCUT2D eigenvalue weighted by Crippen LogP contribution is -2.13. The van der Waals surface area contributed by atoms with Gasteiger partial charge in [-0.25, -0.2) is 4.68 Å². The molecule has 0 radical (unpaired) electrons. The van der Waals surface area contributed by atoms with Crippen LogP contribution in [0.4, 0.5) is 5.69 Å². The second-order valence-electron chi connectivity index (χ2n) is 4.09. The summed E-state index contributed by atoms with van der Waals surface area (Å²) < 4.78 is 1.87. The van der Waals surface area contributed by atoms with Gasteiger partial charge in [-0.15, -0.1) is 5.10 Å². The van der Waals surface area contributed by atoms with E-state index in [4.69, 9.17) is 5.11 Å². The van der Waals surface area contributed by atoms with E-state index in [9.17, 15) is 9.59 Å². The van der Waals surface area contributed by atoms with Gasteiger partial charge < -0.3 is 10.4 Å². The molecule has 2 rings (SSSR count). The largest absolute Gasteiger partial charge is 0.480 e. The Bertz CT molecular complexity index is 668. The number of aryl methyl sites for hydroxylation is 1. The zero-order valence-electron chi connectivity index (χ0n) is 10.5. The molecule has 104 valence electrons. The highest BCUT2D eigenvalue weighted by Gasteiger charge is 2.13. The summed E-state index contributed by atoms with van der Waals surface area (Å²) in [6.45, 7) is 1.57. The van der Waals surface area contributed by atoms with Crippen LogP contribution in [0.2, 0.25) is 0 Å². The van der Waals surface area contributed by atoms with Gasteiger partial charge in [0.2, 0.25) is 0 Å². The first-order chi connectivity index (χ1) is 9.47. The third-order valence-corrected chi connectivity index (χ3v) is 3.56. The molecule has 2 N–H and O–H groups in total. The van der Waals surface area contributed by atoms with Gasteiger partial charge in [0.25, 0.3) is 5.91 Å². The number of hydrogen-bond donors (Lipinski definition) is 2. The van der Waals surface area contributed by atoms with Crippen LogP contribution in [-0.4, -0.2) is 32.0 Å². The van der Waals surface area contributed by atoms with E-state index in [1.807, 2.05) is 19.1 Å². The lowest BCUT2D eigenvalue weighted by Gasteiger charge is -2.07. The number of benzene rings is 1. The summed E-state index contributed by atoms with van der Waals surface area (Å²) in [5, 5.41) is 18.5. The van der Waals surface area contributed by atoms with Crippen molar-refractivity contribution in [2.45, 2.75) is 13.5 Å². The topological polar surface area (TPSA) is 97.1 Å². The van der Waals surface area contributed by atoms with Crippen molar-refractivity contribution in [3.05, 3.63) is 40.1 Å². The molecule has 2 aromatic rings. The molecule has 1 aromatic heterocycles. The first kappa shape index (κ1) is 14.2. The number of rotatable bonds is 4. The Morgan fingerprint density at radius 2 is 2.20 bits per heavy atom. The molecule has 20 heavy (non-hydrogen) atoms. The molecule has 0 fully saturated rings. The van der Waals surface area contributed by atoms with Crippen molar-refractivity contribution in [2.24, 2.45) is 0 Å². The first-order valence-corrected chi connectivity index (χ1v) is 6.45. The first-order valence-electron chi connectivity index (χ1n) is 5.66. The Hall–Kier alpha value is -2.22. The van der Waals surface area contributed by atoms with E-state index < -0.39 is 11.9 Å². The molecule has 0 aliphatic carbocycles. The highest BCUT2D eigenvalue weighted by molar-refractivity contribution is 9.10. The summed E-state index contributed by atoms with van der Waals surface area (Å²) in [5.41, 5.74) is 1.65. The lowest BCUT2D eigenvalue weighted by atomic mass is 10.2. The summed E-state index contributed by atoms with van der Waals surface area (Å²) >= 11 is 3.39. The summed E-state index contributed by atoms with van der Waals surface area (Å²) in [4.78, 5) is 22.5. The van der Waals surface area contributed by atoms with E-state index >= 15 is 0 Å². The maximum Gasteiger partial charge on any atom is 0.325 e.